The number of Topliss-reactive ketones (excluding diaryl/α,β-unsaturated/α-hetero) is 1. The number of halogens is 1. The summed E-state index contributed by atoms with van der Waals surface area (Å²) >= 11 is 2.22. The van der Waals surface area contributed by atoms with Crippen LogP contribution in [-0.4, -0.2) is 12.4 Å². The van der Waals surface area contributed by atoms with E-state index in [1.807, 2.05) is 56.3 Å². The summed E-state index contributed by atoms with van der Waals surface area (Å²) in [5.74, 6) is 0.737. The molecule has 0 unspecified atom stereocenters. The van der Waals surface area contributed by atoms with Crippen LogP contribution >= 0.6 is 22.6 Å². The van der Waals surface area contributed by atoms with Crippen molar-refractivity contribution in [3.05, 3.63) is 62.7 Å². The van der Waals surface area contributed by atoms with Crippen LogP contribution in [0.4, 0.5) is 0 Å². The van der Waals surface area contributed by atoms with Gasteiger partial charge >= 0.3 is 0 Å². The van der Waals surface area contributed by atoms with Crippen LogP contribution in [0.15, 0.2) is 42.5 Å². The number of ketones is 1. The molecule has 0 spiro atoms. The van der Waals surface area contributed by atoms with Crippen molar-refractivity contribution >= 4 is 28.4 Å². The van der Waals surface area contributed by atoms with Crippen LogP contribution in [0.25, 0.3) is 0 Å². The lowest BCUT2D eigenvalue weighted by Crippen LogP contribution is -2.13. The summed E-state index contributed by atoms with van der Waals surface area (Å²) in [6, 6.07) is 13.5. The maximum absolute atomic E-state index is 12.1. The molecule has 2 aromatic rings. The molecule has 0 aliphatic rings. The van der Waals surface area contributed by atoms with Gasteiger partial charge in [0.25, 0.3) is 0 Å². The summed E-state index contributed by atoms with van der Waals surface area (Å²) in [5.41, 5.74) is 2.89. The largest absolute Gasteiger partial charge is 0.485 e. The number of hydrogen-bond donors (Lipinski definition) is 0. The average Bonchev–Trinajstić information content (AvgIpc) is 2.36. The molecule has 0 fully saturated rings. The molecule has 2 rings (SSSR count). The van der Waals surface area contributed by atoms with Gasteiger partial charge in [-0.25, -0.2) is 0 Å². The van der Waals surface area contributed by atoms with Crippen molar-refractivity contribution in [3.63, 3.8) is 0 Å². The third-order valence-electron chi connectivity index (χ3n) is 2.85. The molecular weight excluding hydrogens is 351 g/mol. The highest BCUT2D eigenvalue weighted by Gasteiger charge is 2.10. The minimum Gasteiger partial charge on any atom is -0.485 e. The van der Waals surface area contributed by atoms with Crippen molar-refractivity contribution in [2.24, 2.45) is 0 Å². The van der Waals surface area contributed by atoms with Gasteiger partial charge in [-0.1, -0.05) is 29.8 Å². The smallest absolute Gasteiger partial charge is 0.200 e. The predicted molar refractivity (Wildman–Crippen MR) is 84.9 cm³/mol. The molecular formula is C16H15IO2. The summed E-state index contributed by atoms with van der Waals surface area (Å²) in [7, 11) is 0. The van der Waals surface area contributed by atoms with Gasteiger partial charge < -0.3 is 4.74 Å². The number of rotatable bonds is 4. The molecule has 98 valence electrons. The Bertz CT molecular complexity index is 605. The van der Waals surface area contributed by atoms with Crippen molar-refractivity contribution in [1.82, 2.24) is 0 Å². The summed E-state index contributed by atoms with van der Waals surface area (Å²) in [6.07, 6.45) is 0. The summed E-state index contributed by atoms with van der Waals surface area (Å²) in [4.78, 5) is 12.1. The van der Waals surface area contributed by atoms with Gasteiger partial charge in [0.15, 0.2) is 12.4 Å². The number of benzene rings is 2. The number of carbonyl (C=O) groups excluding carboxylic acids is 1. The van der Waals surface area contributed by atoms with Gasteiger partial charge in [0.2, 0.25) is 0 Å². The first-order valence-electron chi connectivity index (χ1n) is 6.05. The Morgan fingerprint density at radius 1 is 1.16 bits per heavy atom. The first-order chi connectivity index (χ1) is 9.06. The van der Waals surface area contributed by atoms with E-state index in [2.05, 4.69) is 22.6 Å². The van der Waals surface area contributed by atoms with Crippen LogP contribution in [0.2, 0.25) is 0 Å². The first-order valence-corrected chi connectivity index (χ1v) is 7.13. The van der Waals surface area contributed by atoms with Crippen LogP contribution < -0.4 is 4.74 Å². The highest BCUT2D eigenvalue weighted by molar-refractivity contribution is 14.1. The lowest BCUT2D eigenvalue weighted by Gasteiger charge is -2.08. The highest BCUT2D eigenvalue weighted by Crippen LogP contribution is 2.16. The van der Waals surface area contributed by atoms with Crippen molar-refractivity contribution in [1.29, 1.82) is 0 Å². The number of carbonyl (C=O) groups is 1. The molecule has 0 heterocycles. The average molecular weight is 366 g/mol. The number of aryl methyl sites for hydroxylation is 2. The van der Waals surface area contributed by atoms with Gasteiger partial charge in [-0.3, -0.25) is 4.79 Å². The van der Waals surface area contributed by atoms with E-state index < -0.39 is 0 Å². The molecule has 0 aliphatic heterocycles. The van der Waals surface area contributed by atoms with E-state index >= 15 is 0 Å². The van der Waals surface area contributed by atoms with Gasteiger partial charge in [0.05, 0.1) is 0 Å². The van der Waals surface area contributed by atoms with Crippen molar-refractivity contribution in [2.75, 3.05) is 6.61 Å². The molecule has 0 aliphatic carbocycles. The maximum atomic E-state index is 12.1. The van der Waals surface area contributed by atoms with Crippen molar-refractivity contribution in [3.8, 4) is 5.75 Å². The normalized spacial score (nSPS) is 10.3. The molecule has 0 N–H and O–H groups in total. The zero-order valence-electron chi connectivity index (χ0n) is 10.9. The van der Waals surface area contributed by atoms with Crippen LogP contribution in [0.5, 0.6) is 5.75 Å². The highest BCUT2D eigenvalue weighted by atomic mass is 127. The monoisotopic (exact) mass is 366 g/mol. The summed E-state index contributed by atoms with van der Waals surface area (Å²) < 4.78 is 6.63. The van der Waals surface area contributed by atoms with Crippen LogP contribution in [0.3, 0.4) is 0 Å². The van der Waals surface area contributed by atoms with Gasteiger partial charge in [-0.15, -0.1) is 0 Å². The lowest BCUT2D eigenvalue weighted by atomic mass is 10.0. The van der Waals surface area contributed by atoms with Gasteiger partial charge in [-0.05, 0) is 60.2 Å². The fourth-order valence-corrected chi connectivity index (χ4v) is 2.42. The Morgan fingerprint density at radius 3 is 2.63 bits per heavy atom. The topological polar surface area (TPSA) is 26.3 Å². The van der Waals surface area contributed by atoms with E-state index in [9.17, 15) is 4.79 Å². The molecule has 0 bridgehead atoms. The van der Waals surface area contributed by atoms with Crippen LogP contribution in [0.1, 0.15) is 21.5 Å². The van der Waals surface area contributed by atoms with E-state index in [0.717, 1.165) is 26.0 Å². The van der Waals surface area contributed by atoms with E-state index in [1.54, 1.807) is 0 Å². The maximum Gasteiger partial charge on any atom is 0.200 e. The fraction of sp³-hybridized carbons (Fsp3) is 0.188. The molecule has 2 nitrogen and oxygen atoms in total. The Morgan fingerprint density at radius 2 is 1.95 bits per heavy atom. The van der Waals surface area contributed by atoms with E-state index in [1.165, 1.54) is 0 Å². The standard InChI is InChI=1S/C16H15IO2/c1-11-6-7-15(12(2)8-11)16(18)10-19-14-5-3-4-13(17)9-14/h3-9H,10H2,1-2H3. The molecule has 0 atom stereocenters. The van der Waals surface area contributed by atoms with Gasteiger partial charge in [-0.2, -0.15) is 0 Å². The molecule has 0 radical (unpaired) electrons. The third-order valence-corrected chi connectivity index (χ3v) is 3.52. The van der Waals surface area contributed by atoms with Gasteiger partial charge in [0, 0.05) is 9.13 Å². The second-order valence-corrected chi connectivity index (χ2v) is 5.73. The molecule has 0 saturated heterocycles. The number of ether oxygens (including phenoxy) is 1. The first kappa shape index (κ1) is 14.1. The van der Waals surface area contributed by atoms with Crippen LogP contribution in [-0.2, 0) is 0 Å². The fourth-order valence-electron chi connectivity index (χ4n) is 1.91. The molecule has 3 heteroatoms. The minimum absolute atomic E-state index is 0.0105. The van der Waals surface area contributed by atoms with Crippen molar-refractivity contribution < 1.29 is 9.53 Å². The predicted octanol–water partition coefficient (Wildman–Crippen LogP) is 4.17. The summed E-state index contributed by atoms with van der Waals surface area (Å²) in [6.45, 7) is 4.04. The quantitative estimate of drug-likeness (QED) is 0.600. The Labute approximate surface area is 126 Å². The second-order valence-electron chi connectivity index (χ2n) is 4.49. The molecule has 0 aromatic heterocycles. The number of hydrogen-bond acceptors (Lipinski definition) is 2. The Balaban J connectivity index is 2.05. The van der Waals surface area contributed by atoms with E-state index in [4.69, 9.17) is 4.74 Å². The van der Waals surface area contributed by atoms with Crippen molar-refractivity contribution in [2.45, 2.75) is 13.8 Å². The zero-order valence-corrected chi connectivity index (χ0v) is 13.1. The lowest BCUT2D eigenvalue weighted by molar-refractivity contribution is 0.0921. The Kier molecular flexibility index (Phi) is 4.58. The second kappa shape index (κ2) is 6.19. The van der Waals surface area contributed by atoms with Crippen LogP contribution in [0, 0.1) is 17.4 Å². The van der Waals surface area contributed by atoms with E-state index in [0.29, 0.717) is 0 Å². The van der Waals surface area contributed by atoms with E-state index in [-0.39, 0.29) is 12.4 Å². The van der Waals surface area contributed by atoms with Gasteiger partial charge in [0.1, 0.15) is 5.75 Å². The Hall–Kier alpha value is -1.36. The molecule has 0 saturated carbocycles. The minimum atomic E-state index is 0.0105. The molecule has 2 aromatic carbocycles. The molecule has 19 heavy (non-hydrogen) atoms. The summed E-state index contributed by atoms with van der Waals surface area (Å²) in [5, 5.41) is 0. The zero-order chi connectivity index (χ0) is 13.8. The molecule has 0 amide bonds. The third kappa shape index (κ3) is 3.80. The SMILES string of the molecule is Cc1ccc(C(=O)COc2cccc(I)c2)c(C)c1.